The predicted octanol–water partition coefficient (Wildman–Crippen LogP) is 2.87. The number of hydrogen-bond acceptors (Lipinski definition) is 5. The highest BCUT2D eigenvalue weighted by atomic mass is 19.4. The second kappa shape index (κ2) is 6.04. The summed E-state index contributed by atoms with van der Waals surface area (Å²) in [5, 5.41) is 13.3. The zero-order valence-electron chi connectivity index (χ0n) is 13.2. The van der Waals surface area contributed by atoms with Gasteiger partial charge in [0.25, 0.3) is 5.82 Å². The molecule has 10 heteroatoms. The third-order valence-corrected chi connectivity index (χ3v) is 3.52. The number of hydrogen-bond donors (Lipinski definition) is 1. The topological polar surface area (TPSA) is 75.4 Å². The molecule has 1 amide bonds. The lowest BCUT2D eigenvalue weighted by atomic mass is 10.2. The van der Waals surface area contributed by atoms with E-state index in [1.807, 2.05) is 0 Å². The number of carbonyl (C=O) groups excluding carboxylic acids is 1. The van der Waals surface area contributed by atoms with E-state index in [-0.39, 0.29) is 17.4 Å². The molecule has 0 spiro atoms. The molecule has 0 aliphatic heterocycles. The lowest BCUT2D eigenvalue weighted by molar-refractivity contribution is -0.146. The molecule has 1 aromatic carbocycles. The maximum Gasteiger partial charge on any atom is 0.453 e. The number of nitrogens with zero attached hydrogens (tertiary/aromatic N) is 5. The Morgan fingerprint density at radius 2 is 1.80 bits per heavy atom. The van der Waals surface area contributed by atoms with Crippen molar-refractivity contribution in [1.29, 1.82) is 0 Å². The molecule has 0 saturated heterocycles. The third-order valence-electron chi connectivity index (χ3n) is 3.52. The van der Waals surface area contributed by atoms with E-state index >= 15 is 0 Å². The highest BCUT2D eigenvalue weighted by molar-refractivity contribution is 5.91. The standard InChI is InChI=1S/C15H13F3N6O/c1-9(25)23(2)11-5-3-10(4-6-11)19-12-7-8-13-20-21-14(15(16,17)18)24(13)22-12/h3-8H,1-2H3,(H,19,22). The molecule has 25 heavy (non-hydrogen) atoms. The second-order valence-corrected chi connectivity index (χ2v) is 5.26. The molecule has 0 radical (unpaired) electrons. The quantitative estimate of drug-likeness (QED) is 0.786. The summed E-state index contributed by atoms with van der Waals surface area (Å²) in [6.45, 7) is 1.45. The van der Waals surface area contributed by atoms with Gasteiger partial charge in [-0.15, -0.1) is 15.3 Å². The van der Waals surface area contributed by atoms with E-state index in [4.69, 9.17) is 0 Å². The van der Waals surface area contributed by atoms with Crippen molar-refractivity contribution in [2.45, 2.75) is 13.1 Å². The van der Waals surface area contributed by atoms with Gasteiger partial charge in [-0.05, 0) is 36.4 Å². The average Bonchev–Trinajstić information content (AvgIpc) is 2.98. The summed E-state index contributed by atoms with van der Waals surface area (Å²) in [4.78, 5) is 12.8. The van der Waals surface area contributed by atoms with E-state index in [1.54, 1.807) is 31.3 Å². The Kier molecular flexibility index (Phi) is 4.03. The first-order valence-electron chi connectivity index (χ1n) is 7.17. The Morgan fingerprint density at radius 3 is 2.40 bits per heavy atom. The third kappa shape index (κ3) is 3.37. The Morgan fingerprint density at radius 1 is 1.12 bits per heavy atom. The normalized spacial score (nSPS) is 11.6. The van der Waals surface area contributed by atoms with Crippen LogP contribution in [0.3, 0.4) is 0 Å². The van der Waals surface area contributed by atoms with E-state index in [2.05, 4.69) is 20.6 Å². The van der Waals surface area contributed by atoms with E-state index < -0.39 is 12.0 Å². The van der Waals surface area contributed by atoms with Crippen molar-refractivity contribution in [3.05, 3.63) is 42.2 Å². The van der Waals surface area contributed by atoms with Crippen molar-refractivity contribution >= 4 is 28.7 Å². The Hall–Kier alpha value is -3.17. The van der Waals surface area contributed by atoms with Crippen molar-refractivity contribution in [3.8, 4) is 0 Å². The van der Waals surface area contributed by atoms with Crippen molar-refractivity contribution < 1.29 is 18.0 Å². The first-order chi connectivity index (χ1) is 11.8. The van der Waals surface area contributed by atoms with Crippen LogP contribution in [0, 0.1) is 0 Å². The molecule has 0 saturated carbocycles. The zero-order valence-corrected chi connectivity index (χ0v) is 13.2. The number of carbonyl (C=O) groups is 1. The first-order valence-corrected chi connectivity index (χ1v) is 7.17. The van der Waals surface area contributed by atoms with Crippen molar-refractivity contribution in [2.24, 2.45) is 0 Å². The minimum atomic E-state index is -4.65. The van der Waals surface area contributed by atoms with Crippen molar-refractivity contribution in [2.75, 3.05) is 17.3 Å². The average molecular weight is 350 g/mol. The Labute approximate surface area is 140 Å². The monoisotopic (exact) mass is 350 g/mol. The van der Waals surface area contributed by atoms with Gasteiger partial charge in [0.15, 0.2) is 11.5 Å². The Balaban J connectivity index is 1.87. The summed E-state index contributed by atoms with van der Waals surface area (Å²) in [5.41, 5.74) is 1.30. The minimum Gasteiger partial charge on any atom is -0.339 e. The van der Waals surface area contributed by atoms with Crippen LogP contribution in [0.15, 0.2) is 36.4 Å². The van der Waals surface area contributed by atoms with Crippen molar-refractivity contribution in [1.82, 2.24) is 19.8 Å². The summed E-state index contributed by atoms with van der Waals surface area (Å²) in [7, 11) is 1.64. The zero-order chi connectivity index (χ0) is 18.2. The summed E-state index contributed by atoms with van der Waals surface area (Å²) >= 11 is 0. The van der Waals surface area contributed by atoms with Gasteiger partial charge in [0.2, 0.25) is 5.91 Å². The van der Waals surface area contributed by atoms with E-state index in [0.29, 0.717) is 15.9 Å². The molecule has 3 aromatic rings. The molecule has 0 bridgehead atoms. The maximum absolute atomic E-state index is 12.9. The number of anilines is 3. The minimum absolute atomic E-state index is 0.00342. The number of fused-ring (bicyclic) bond motifs is 1. The van der Waals surface area contributed by atoms with Gasteiger partial charge in [-0.2, -0.15) is 17.7 Å². The van der Waals surface area contributed by atoms with E-state index in [9.17, 15) is 18.0 Å². The van der Waals surface area contributed by atoms with Crippen LogP contribution in [0.4, 0.5) is 30.4 Å². The summed E-state index contributed by atoms with van der Waals surface area (Å²) in [6, 6.07) is 9.69. The van der Waals surface area contributed by atoms with Gasteiger partial charge in [0.1, 0.15) is 0 Å². The van der Waals surface area contributed by atoms with Crippen molar-refractivity contribution in [3.63, 3.8) is 0 Å². The lowest BCUT2D eigenvalue weighted by Gasteiger charge is -2.15. The molecule has 130 valence electrons. The molecule has 7 nitrogen and oxygen atoms in total. The van der Waals surface area contributed by atoms with Crippen LogP contribution in [0.5, 0.6) is 0 Å². The number of aromatic nitrogens is 4. The molecule has 3 rings (SSSR count). The number of halogens is 3. The van der Waals surface area contributed by atoms with Crippen LogP contribution >= 0.6 is 0 Å². The smallest absolute Gasteiger partial charge is 0.339 e. The highest BCUT2D eigenvalue weighted by Gasteiger charge is 2.37. The van der Waals surface area contributed by atoms with Gasteiger partial charge in [-0.3, -0.25) is 4.79 Å². The largest absolute Gasteiger partial charge is 0.453 e. The SMILES string of the molecule is CC(=O)N(C)c1ccc(Nc2ccc3nnc(C(F)(F)F)n3n2)cc1. The van der Waals surface area contributed by atoms with E-state index in [1.165, 1.54) is 24.0 Å². The molecule has 1 N–H and O–H groups in total. The van der Waals surface area contributed by atoms with E-state index in [0.717, 1.165) is 0 Å². The summed E-state index contributed by atoms with van der Waals surface area (Å²) < 4.78 is 39.3. The fourth-order valence-corrected chi connectivity index (χ4v) is 2.13. The number of nitrogens with one attached hydrogen (secondary N) is 1. The number of alkyl halides is 3. The number of benzene rings is 1. The van der Waals surface area contributed by atoms with Crippen LogP contribution in [0.25, 0.3) is 5.65 Å². The molecule has 2 aromatic heterocycles. The fraction of sp³-hybridized carbons (Fsp3) is 0.200. The summed E-state index contributed by atoms with van der Waals surface area (Å²) in [5.74, 6) is -1.10. The number of amides is 1. The molecule has 0 aliphatic rings. The molecule has 0 aliphatic carbocycles. The van der Waals surface area contributed by atoms with Crippen LogP contribution in [-0.2, 0) is 11.0 Å². The summed E-state index contributed by atoms with van der Waals surface area (Å²) in [6.07, 6.45) is -4.65. The van der Waals surface area contributed by atoms with Gasteiger partial charge in [-0.1, -0.05) is 0 Å². The Bertz CT molecular complexity index is 919. The first kappa shape index (κ1) is 16.7. The fourth-order valence-electron chi connectivity index (χ4n) is 2.13. The second-order valence-electron chi connectivity index (χ2n) is 5.26. The molecule has 0 fully saturated rings. The van der Waals surface area contributed by atoms with Crippen LogP contribution in [0.1, 0.15) is 12.7 Å². The van der Waals surface area contributed by atoms with Gasteiger partial charge >= 0.3 is 6.18 Å². The molecule has 2 heterocycles. The molecular weight excluding hydrogens is 337 g/mol. The highest BCUT2D eigenvalue weighted by Crippen LogP contribution is 2.28. The van der Waals surface area contributed by atoms with Crippen LogP contribution in [-0.4, -0.2) is 32.8 Å². The molecular formula is C15H13F3N6O. The number of rotatable bonds is 3. The van der Waals surface area contributed by atoms with Gasteiger partial charge in [-0.25, -0.2) is 0 Å². The van der Waals surface area contributed by atoms with Gasteiger partial charge < -0.3 is 10.2 Å². The molecule has 0 atom stereocenters. The lowest BCUT2D eigenvalue weighted by Crippen LogP contribution is -2.22. The maximum atomic E-state index is 12.9. The van der Waals surface area contributed by atoms with Gasteiger partial charge in [0.05, 0.1) is 0 Å². The van der Waals surface area contributed by atoms with Crippen LogP contribution < -0.4 is 10.2 Å². The predicted molar refractivity (Wildman–Crippen MR) is 84.6 cm³/mol. The van der Waals surface area contributed by atoms with Crippen LogP contribution in [0.2, 0.25) is 0 Å². The van der Waals surface area contributed by atoms with Gasteiger partial charge in [0, 0.05) is 25.3 Å². The molecule has 0 unspecified atom stereocenters.